The molecule has 1 heterocycles. The van der Waals surface area contributed by atoms with E-state index in [-0.39, 0.29) is 5.91 Å². The van der Waals surface area contributed by atoms with Crippen molar-refractivity contribution in [3.05, 3.63) is 64.6 Å². The summed E-state index contributed by atoms with van der Waals surface area (Å²) < 4.78 is 5.32. The molecule has 0 spiro atoms. The standard InChI is InChI=1S/C19H18N2O2S/c1-3-13-8-10-15(11-9-13)20-19-21-18(22)17(24-19)12-14-6-4-5-7-16(14)23-2/h4-12H,3H2,1-2H3,(H,20,21,22). The fourth-order valence-corrected chi connectivity index (χ4v) is 3.16. The molecule has 1 aliphatic rings. The summed E-state index contributed by atoms with van der Waals surface area (Å²) in [4.78, 5) is 17.3. The first kappa shape index (κ1) is 16.3. The Bertz CT molecular complexity index is 810. The first-order chi connectivity index (χ1) is 11.7. The van der Waals surface area contributed by atoms with Crippen molar-refractivity contribution >= 4 is 34.6 Å². The van der Waals surface area contributed by atoms with Gasteiger partial charge in [-0.3, -0.25) is 4.79 Å². The van der Waals surface area contributed by atoms with Crippen LogP contribution in [0, 0.1) is 0 Å². The van der Waals surface area contributed by atoms with Crippen molar-refractivity contribution in [1.82, 2.24) is 5.32 Å². The summed E-state index contributed by atoms with van der Waals surface area (Å²) in [6.45, 7) is 2.11. The fraction of sp³-hybridized carbons (Fsp3) is 0.158. The Balaban J connectivity index is 1.82. The summed E-state index contributed by atoms with van der Waals surface area (Å²) in [6.07, 6.45) is 2.82. The van der Waals surface area contributed by atoms with E-state index >= 15 is 0 Å². The van der Waals surface area contributed by atoms with Gasteiger partial charge in [0.25, 0.3) is 5.91 Å². The van der Waals surface area contributed by atoms with Crippen LogP contribution in [0.1, 0.15) is 18.1 Å². The van der Waals surface area contributed by atoms with Gasteiger partial charge in [-0.05, 0) is 48.0 Å². The smallest absolute Gasteiger partial charge is 0.264 e. The zero-order valence-electron chi connectivity index (χ0n) is 13.6. The molecule has 0 aromatic heterocycles. The van der Waals surface area contributed by atoms with E-state index in [4.69, 9.17) is 4.74 Å². The van der Waals surface area contributed by atoms with E-state index in [2.05, 4.69) is 17.2 Å². The number of benzene rings is 2. The van der Waals surface area contributed by atoms with Crippen LogP contribution in [-0.2, 0) is 11.2 Å². The van der Waals surface area contributed by atoms with E-state index in [9.17, 15) is 4.79 Å². The molecule has 0 saturated carbocycles. The van der Waals surface area contributed by atoms with E-state index < -0.39 is 0 Å². The topological polar surface area (TPSA) is 50.7 Å². The molecule has 122 valence electrons. The summed E-state index contributed by atoms with van der Waals surface area (Å²) in [6, 6.07) is 15.6. The zero-order valence-corrected chi connectivity index (χ0v) is 14.4. The summed E-state index contributed by atoms with van der Waals surface area (Å²) in [5.74, 6) is 0.591. The van der Waals surface area contributed by atoms with Gasteiger partial charge >= 0.3 is 0 Å². The van der Waals surface area contributed by atoms with Crippen LogP contribution in [-0.4, -0.2) is 18.2 Å². The number of thioether (sulfide) groups is 1. The second-order valence-electron chi connectivity index (χ2n) is 5.24. The van der Waals surface area contributed by atoms with Gasteiger partial charge in [-0.15, -0.1) is 0 Å². The SMILES string of the molecule is CCc1ccc(N=C2NC(=O)C(=Cc3ccccc3OC)S2)cc1. The van der Waals surface area contributed by atoms with Gasteiger partial charge < -0.3 is 10.1 Å². The maximum atomic E-state index is 12.2. The highest BCUT2D eigenvalue weighted by molar-refractivity contribution is 8.18. The zero-order chi connectivity index (χ0) is 16.9. The third kappa shape index (κ3) is 3.68. The Kier molecular flexibility index (Phi) is 5.01. The lowest BCUT2D eigenvalue weighted by Gasteiger charge is -2.03. The number of carbonyl (C=O) groups is 1. The van der Waals surface area contributed by atoms with Crippen LogP contribution < -0.4 is 10.1 Å². The number of ether oxygens (including phenoxy) is 1. The number of carbonyl (C=O) groups excluding carboxylic acids is 1. The van der Waals surface area contributed by atoms with Crippen LogP contribution in [0.5, 0.6) is 5.75 Å². The van der Waals surface area contributed by atoms with Gasteiger partial charge in [0.2, 0.25) is 0 Å². The van der Waals surface area contributed by atoms with Crippen molar-refractivity contribution < 1.29 is 9.53 Å². The van der Waals surface area contributed by atoms with Gasteiger partial charge in [0.1, 0.15) is 5.75 Å². The van der Waals surface area contributed by atoms with Gasteiger partial charge in [0.15, 0.2) is 5.17 Å². The fourth-order valence-electron chi connectivity index (χ4n) is 2.33. The number of rotatable bonds is 4. The lowest BCUT2D eigenvalue weighted by molar-refractivity contribution is -0.115. The third-order valence-corrected chi connectivity index (χ3v) is 4.56. The minimum atomic E-state index is -0.144. The van der Waals surface area contributed by atoms with Crippen molar-refractivity contribution in [3.8, 4) is 5.75 Å². The predicted octanol–water partition coefficient (Wildman–Crippen LogP) is 4.15. The molecule has 5 heteroatoms. The molecular weight excluding hydrogens is 320 g/mol. The number of methoxy groups -OCH3 is 1. The second-order valence-corrected chi connectivity index (χ2v) is 6.27. The van der Waals surface area contributed by atoms with Crippen molar-refractivity contribution in [2.75, 3.05) is 7.11 Å². The number of nitrogens with one attached hydrogen (secondary N) is 1. The molecule has 0 aliphatic carbocycles. The average Bonchev–Trinajstić information content (AvgIpc) is 2.95. The summed E-state index contributed by atoms with van der Waals surface area (Å²) in [7, 11) is 1.62. The monoisotopic (exact) mass is 338 g/mol. The van der Waals surface area contributed by atoms with E-state index in [1.807, 2.05) is 54.6 Å². The lowest BCUT2D eigenvalue weighted by atomic mass is 10.2. The molecule has 0 atom stereocenters. The maximum absolute atomic E-state index is 12.2. The Hall–Kier alpha value is -2.53. The molecule has 1 aliphatic heterocycles. The van der Waals surface area contributed by atoms with Gasteiger partial charge in [-0.25, -0.2) is 4.99 Å². The van der Waals surface area contributed by atoms with E-state index in [0.717, 1.165) is 23.4 Å². The summed E-state index contributed by atoms with van der Waals surface area (Å²) >= 11 is 1.33. The molecule has 3 rings (SSSR count). The number of para-hydroxylation sites is 1. The number of aliphatic imine (C=N–C) groups is 1. The largest absolute Gasteiger partial charge is 0.496 e. The number of nitrogens with zero attached hydrogens (tertiary/aromatic N) is 1. The van der Waals surface area contributed by atoms with E-state index in [1.165, 1.54) is 17.3 Å². The Morgan fingerprint density at radius 3 is 2.62 bits per heavy atom. The quantitative estimate of drug-likeness (QED) is 0.852. The molecule has 0 unspecified atom stereocenters. The predicted molar refractivity (Wildman–Crippen MR) is 99.6 cm³/mol. The summed E-state index contributed by atoms with van der Waals surface area (Å²) in [5.41, 5.74) is 2.96. The number of amides is 1. The molecule has 1 N–H and O–H groups in total. The third-order valence-electron chi connectivity index (χ3n) is 3.65. The van der Waals surface area contributed by atoms with Crippen molar-refractivity contribution in [2.24, 2.45) is 4.99 Å². The minimum absolute atomic E-state index is 0.144. The minimum Gasteiger partial charge on any atom is -0.496 e. The number of hydrogen-bond donors (Lipinski definition) is 1. The molecular formula is C19H18N2O2S. The van der Waals surface area contributed by atoms with E-state index in [0.29, 0.717) is 10.1 Å². The van der Waals surface area contributed by atoms with Gasteiger partial charge in [-0.2, -0.15) is 0 Å². The second kappa shape index (κ2) is 7.36. The molecule has 4 nitrogen and oxygen atoms in total. The lowest BCUT2D eigenvalue weighted by Crippen LogP contribution is -2.19. The molecule has 1 saturated heterocycles. The Morgan fingerprint density at radius 2 is 1.92 bits per heavy atom. The summed E-state index contributed by atoms with van der Waals surface area (Å²) in [5, 5.41) is 3.39. The highest BCUT2D eigenvalue weighted by atomic mass is 32.2. The molecule has 0 bridgehead atoms. The van der Waals surface area contributed by atoms with Crippen LogP contribution in [0.15, 0.2) is 58.4 Å². The Morgan fingerprint density at radius 1 is 1.17 bits per heavy atom. The van der Waals surface area contributed by atoms with Crippen LogP contribution in [0.25, 0.3) is 6.08 Å². The average molecular weight is 338 g/mol. The number of amidine groups is 1. The molecule has 1 amide bonds. The molecule has 0 radical (unpaired) electrons. The van der Waals surface area contributed by atoms with Crippen LogP contribution >= 0.6 is 11.8 Å². The molecule has 24 heavy (non-hydrogen) atoms. The molecule has 2 aromatic rings. The highest BCUT2D eigenvalue weighted by Crippen LogP contribution is 2.30. The molecule has 2 aromatic carbocycles. The highest BCUT2D eigenvalue weighted by Gasteiger charge is 2.24. The van der Waals surface area contributed by atoms with Crippen LogP contribution in [0.3, 0.4) is 0 Å². The van der Waals surface area contributed by atoms with Crippen LogP contribution in [0.4, 0.5) is 5.69 Å². The Labute approximate surface area is 145 Å². The van der Waals surface area contributed by atoms with E-state index in [1.54, 1.807) is 7.11 Å². The molecule has 1 fully saturated rings. The maximum Gasteiger partial charge on any atom is 0.264 e. The van der Waals surface area contributed by atoms with Crippen molar-refractivity contribution in [3.63, 3.8) is 0 Å². The first-order valence-electron chi connectivity index (χ1n) is 7.71. The van der Waals surface area contributed by atoms with Crippen LogP contribution in [0.2, 0.25) is 0 Å². The number of hydrogen-bond acceptors (Lipinski definition) is 4. The van der Waals surface area contributed by atoms with Gasteiger partial charge in [-0.1, -0.05) is 37.3 Å². The normalized spacial score (nSPS) is 17.3. The van der Waals surface area contributed by atoms with Crippen molar-refractivity contribution in [1.29, 1.82) is 0 Å². The van der Waals surface area contributed by atoms with Crippen molar-refractivity contribution in [2.45, 2.75) is 13.3 Å². The first-order valence-corrected chi connectivity index (χ1v) is 8.53. The number of aryl methyl sites for hydroxylation is 1. The van der Waals surface area contributed by atoms with Gasteiger partial charge in [0, 0.05) is 5.56 Å². The van der Waals surface area contributed by atoms with Gasteiger partial charge in [0.05, 0.1) is 17.7 Å².